The average Bonchev–Trinajstić information content (AvgIpc) is 3.14. The van der Waals surface area contributed by atoms with Gasteiger partial charge in [0, 0.05) is 26.1 Å². The number of carbonyl (C=O) groups is 1. The van der Waals surface area contributed by atoms with Crippen molar-refractivity contribution in [3.63, 3.8) is 0 Å². The van der Waals surface area contributed by atoms with Crippen molar-refractivity contribution in [3.05, 3.63) is 48.5 Å². The van der Waals surface area contributed by atoms with Crippen LogP contribution in [0.15, 0.2) is 43.0 Å². The predicted octanol–water partition coefficient (Wildman–Crippen LogP) is 1.92. The van der Waals surface area contributed by atoms with Crippen LogP contribution in [-0.4, -0.2) is 51.4 Å². The van der Waals surface area contributed by atoms with E-state index in [1.54, 1.807) is 11.0 Å². The maximum absolute atomic E-state index is 12.4. The Balaban J connectivity index is 1.40. The zero-order valence-corrected chi connectivity index (χ0v) is 13.9. The van der Waals surface area contributed by atoms with E-state index >= 15 is 0 Å². The molecule has 1 fully saturated rings. The second kappa shape index (κ2) is 8.59. The number of hydrogen-bond acceptors (Lipinski definition) is 4. The van der Waals surface area contributed by atoms with Crippen molar-refractivity contribution in [2.45, 2.75) is 38.3 Å². The van der Waals surface area contributed by atoms with E-state index in [9.17, 15) is 4.79 Å². The molecule has 1 amide bonds. The number of aromatic nitrogens is 3. The molecule has 0 radical (unpaired) electrons. The highest BCUT2D eigenvalue weighted by atomic mass is 16.5. The van der Waals surface area contributed by atoms with E-state index in [0.29, 0.717) is 26.1 Å². The van der Waals surface area contributed by atoms with Crippen LogP contribution in [-0.2, 0) is 22.5 Å². The Morgan fingerprint density at radius 3 is 2.96 bits per heavy atom. The van der Waals surface area contributed by atoms with Crippen molar-refractivity contribution in [2.75, 3.05) is 19.7 Å². The molecule has 1 aliphatic rings. The monoisotopic (exact) mass is 328 g/mol. The van der Waals surface area contributed by atoms with Crippen molar-refractivity contribution >= 4 is 5.91 Å². The zero-order valence-electron chi connectivity index (χ0n) is 13.9. The largest absolute Gasteiger partial charge is 0.375 e. The minimum atomic E-state index is 0.137. The molecule has 1 aliphatic heterocycles. The van der Waals surface area contributed by atoms with Crippen molar-refractivity contribution in [1.82, 2.24) is 19.7 Å². The van der Waals surface area contributed by atoms with Gasteiger partial charge in [-0.05, 0) is 24.8 Å². The van der Waals surface area contributed by atoms with Gasteiger partial charge in [0.2, 0.25) is 5.91 Å². The average molecular weight is 328 g/mol. The van der Waals surface area contributed by atoms with Crippen LogP contribution in [0.1, 0.15) is 24.8 Å². The fourth-order valence-corrected chi connectivity index (χ4v) is 2.99. The van der Waals surface area contributed by atoms with Crippen LogP contribution in [0.4, 0.5) is 0 Å². The standard InChI is InChI=1S/C18H24N4O2/c23-18(7-4-10-22-15-19-14-20-22)21-11-12-24-17(13-21)9-8-16-5-2-1-3-6-16/h1-3,5-6,14-15,17H,4,7-13H2/t17-/m0/s1. The van der Waals surface area contributed by atoms with Gasteiger partial charge in [-0.15, -0.1) is 0 Å². The van der Waals surface area contributed by atoms with Crippen LogP contribution >= 0.6 is 0 Å². The third-order valence-corrected chi connectivity index (χ3v) is 4.33. The molecular formula is C18H24N4O2. The molecule has 0 bridgehead atoms. The van der Waals surface area contributed by atoms with Crippen molar-refractivity contribution in [3.8, 4) is 0 Å². The number of nitrogens with zero attached hydrogens (tertiary/aromatic N) is 4. The van der Waals surface area contributed by atoms with Gasteiger partial charge in [-0.2, -0.15) is 5.10 Å². The summed E-state index contributed by atoms with van der Waals surface area (Å²) in [5, 5.41) is 4.05. The number of hydrogen-bond donors (Lipinski definition) is 0. The molecule has 6 nitrogen and oxygen atoms in total. The molecule has 2 heterocycles. The van der Waals surface area contributed by atoms with Gasteiger partial charge in [-0.1, -0.05) is 30.3 Å². The first-order valence-electron chi connectivity index (χ1n) is 8.57. The van der Waals surface area contributed by atoms with Gasteiger partial charge in [0.05, 0.1) is 12.7 Å². The molecule has 1 atom stereocenters. The summed E-state index contributed by atoms with van der Waals surface area (Å²) in [7, 11) is 0. The highest BCUT2D eigenvalue weighted by Crippen LogP contribution is 2.14. The molecule has 6 heteroatoms. The Morgan fingerprint density at radius 1 is 1.29 bits per heavy atom. The van der Waals surface area contributed by atoms with Gasteiger partial charge in [-0.3, -0.25) is 9.48 Å². The predicted molar refractivity (Wildman–Crippen MR) is 90.3 cm³/mol. The van der Waals surface area contributed by atoms with Crippen molar-refractivity contribution in [2.24, 2.45) is 0 Å². The zero-order chi connectivity index (χ0) is 16.6. The summed E-state index contributed by atoms with van der Waals surface area (Å²) in [5.74, 6) is 0.211. The van der Waals surface area contributed by atoms with Gasteiger partial charge in [0.15, 0.2) is 0 Å². The maximum Gasteiger partial charge on any atom is 0.222 e. The maximum atomic E-state index is 12.4. The lowest BCUT2D eigenvalue weighted by Crippen LogP contribution is -2.45. The number of aryl methyl sites for hydroxylation is 2. The number of benzene rings is 1. The summed E-state index contributed by atoms with van der Waals surface area (Å²) in [6, 6.07) is 10.4. The van der Waals surface area contributed by atoms with E-state index in [1.165, 1.54) is 11.9 Å². The fraction of sp³-hybridized carbons (Fsp3) is 0.500. The lowest BCUT2D eigenvalue weighted by molar-refractivity contribution is -0.139. The normalized spacial score (nSPS) is 17.8. The van der Waals surface area contributed by atoms with Crippen LogP contribution < -0.4 is 0 Å². The third kappa shape index (κ3) is 4.89. The van der Waals surface area contributed by atoms with E-state index in [2.05, 4.69) is 34.3 Å². The number of rotatable bonds is 7. The van der Waals surface area contributed by atoms with Crippen LogP contribution in [0.25, 0.3) is 0 Å². The first-order valence-corrected chi connectivity index (χ1v) is 8.57. The van der Waals surface area contributed by atoms with Crippen molar-refractivity contribution < 1.29 is 9.53 Å². The summed E-state index contributed by atoms with van der Waals surface area (Å²) < 4.78 is 7.59. The van der Waals surface area contributed by atoms with E-state index in [4.69, 9.17) is 4.74 Å². The lowest BCUT2D eigenvalue weighted by Gasteiger charge is -2.33. The summed E-state index contributed by atoms with van der Waals surface area (Å²) in [6.07, 6.45) is 6.60. The summed E-state index contributed by atoms with van der Waals surface area (Å²) in [4.78, 5) is 18.2. The highest BCUT2D eigenvalue weighted by molar-refractivity contribution is 5.76. The number of morpholine rings is 1. The van der Waals surface area contributed by atoms with Gasteiger partial charge in [-0.25, -0.2) is 4.98 Å². The molecule has 3 rings (SSSR count). The van der Waals surface area contributed by atoms with Crippen LogP contribution in [0.3, 0.4) is 0 Å². The van der Waals surface area contributed by atoms with E-state index in [-0.39, 0.29) is 12.0 Å². The number of amides is 1. The smallest absolute Gasteiger partial charge is 0.222 e. The third-order valence-electron chi connectivity index (χ3n) is 4.33. The van der Waals surface area contributed by atoms with Crippen molar-refractivity contribution in [1.29, 1.82) is 0 Å². The highest BCUT2D eigenvalue weighted by Gasteiger charge is 2.23. The number of carbonyl (C=O) groups excluding carboxylic acids is 1. The fourth-order valence-electron chi connectivity index (χ4n) is 2.99. The summed E-state index contributed by atoms with van der Waals surface area (Å²) in [6.45, 7) is 2.76. The molecule has 1 aromatic carbocycles. The second-order valence-corrected chi connectivity index (χ2v) is 6.12. The van der Waals surface area contributed by atoms with Gasteiger partial charge >= 0.3 is 0 Å². The Morgan fingerprint density at radius 2 is 2.17 bits per heavy atom. The number of ether oxygens (including phenoxy) is 1. The molecule has 128 valence electrons. The lowest BCUT2D eigenvalue weighted by atomic mass is 10.1. The first-order chi connectivity index (χ1) is 11.8. The molecule has 24 heavy (non-hydrogen) atoms. The van der Waals surface area contributed by atoms with Gasteiger partial charge in [0.25, 0.3) is 0 Å². The molecule has 0 saturated carbocycles. The molecule has 1 saturated heterocycles. The van der Waals surface area contributed by atoms with Crippen LogP contribution in [0, 0.1) is 0 Å². The minimum absolute atomic E-state index is 0.137. The Hall–Kier alpha value is -2.21. The summed E-state index contributed by atoms with van der Waals surface area (Å²) >= 11 is 0. The van der Waals surface area contributed by atoms with E-state index < -0.39 is 0 Å². The van der Waals surface area contributed by atoms with Gasteiger partial charge < -0.3 is 9.64 Å². The molecule has 1 aromatic heterocycles. The molecule has 0 unspecified atom stereocenters. The molecular weight excluding hydrogens is 304 g/mol. The van der Waals surface area contributed by atoms with E-state index in [0.717, 1.165) is 25.8 Å². The SMILES string of the molecule is O=C(CCCn1cncn1)N1CCO[C@@H](CCc2ccccc2)C1. The minimum Gasteiger partial charge on any atom is -0.375 e. The Bertz CT molecular complexity index is 615. The van der Waals surface area contributed by atoms with Crippen LogP contribution in [0.2, 0.25) is 0 Å². The molecule has 0 N–H and O–H groups in total. The van der Waals surface area contributed by atoms with E-state index in [1.807, 2.05) is 11.0 Å². The van der Waals surface area contributed by atoms with Crippen LogP contribution in [0.5, 0.6) is 0 Å². The molecule has 0 spiro atoms. The molecule has 2 aromatic rings. The summed E-state index contributed by atoms with van der Waals surface area (Å²) in [5.41, 5.74) is 1.32. The quantitative estimate of drug-likeness (QED) is 0.779. The second-order valence-electron chi connectivity index (χ2n) is 6.12. The Kier molecular flexibility index (Phi) is 5.96. The topological polar surface area (TPSA) is 60.2 Å². The molecule has 0 aliphatic carbocycles. The van der Waals surface area contributed by atoms with Gasteiger partial charge in [0.1, 0.15) is 12.7 Å². The Labute approximate surface area is 142 Å². The first kappa shape index (κ1) is 16.6.